The summed E-state index contributed by atoms with van der Waals surface area (Å²) < 4.78 is 1.70. The van der Waals surface area contributed by atoms with Gasteiger partial charge in [-0.05, 0) is 62.2 Å². The van der Waals surface area contributed by atoms with Crippen LogP contribution in [0.2, 0.25) is 0 Å². The zero-order chi connectivity index (χ0) is 20.7. The molecule has 30 heavy (non-hydrogen) atoms. The summed E-state index contributed by atoms with van der Waals surface area (Å²) in [4.78, 5) is 22.7. The lowest BCUT2D eigenvalue weighted by Crippen LogP contribution is -2.44. The van der Waals surface area contributed by atoms with Gasteiger partial charge >= 0.3 is 0 Å². The van der Waals surface area contributed by atoms with Gasteiger partial charge in [-0.2, -0.15) is 0 Å². The fourth-order valence-corrected chi connectivity index (χ4v) is 4.12. The summed E-state index contributed by atoms with van der Waals surface area (Å²) in [6.45, 7) is 6.91. The molecule has 2 heterocycles. The van der Waals surface area contributed by atoms with Crippen molar-refractivity contribution in [3.8, 4) is 5.69 Å². The van der Waals surface area contributed by atoms with E-state index >= 15 is 0 Å². The molecule has 1 aromatic heterocycles. The second kappa shape index (κ2) is 7.85. The molecule has 0 bridgehead atoms. The molecule has 3 aromatic rings. The maximum atomic E-state index is 13.4. The van der Waals surface area contributed by atoms with Crippen LogP contribution in [0.4, 0.5) is 5.69 Å². The SMILES string of the molecule is Cc1ccc(CNC2CC2)cc1-n1cnc2ccc(N3CCN(C)CC3)cc2c1=O. The second-order valence-electron chi connectivity index (χ2n) is 8.69. The smallest absolute Gasteiger partial charge is 0.265 e. The second-order valence-corrected chi connectivity index (χ2v) is 8.69. The van der Waals surface area contributed by atoms with E-state index < -0.39 is 0 Å². The van der Waals surface area contributed by atoms with Crippen molar-refractivity contribution in [2.75, 3.05) is 38.1 Å². The predicted molar refractivity (Wildman–Crippen MR) is 122 cm³/mol. The Morgan fingerprint density at radius 2 is 1.87 bits per heavy atom. The number of anilines is 1. The number of benzene rings is 2. The summed E-state index contributed by atoms with van der Waals surface area (Å²) in [5.41, 5.74) is 5.02. The normalized spacial score (nSPS) is 17.6. The number of likely N-dealkylation sites (N-methyl/N-ethyl adjacent to an activating group) is 1. The third-order valence-electron chi connectivity index (χ3n) is 6.32. The minimum Gasteiger partial charge on any atom is -0.369 e. The fourth-order valence-electron chi connectivity index (χ4n) is 4.12. The molecule has 1 saturated heterocycles. The van der Waals surface area contributed by atoms with E-state index in [-0.39, 0.29) is 5.56 Å². The Balaban J connectivity index is 1.51. The summed E-state index contributed by atoms with van der Waals surface area (Å²) >= 11 is 0. The monoisotopic (exact) mass is 403 g/mol. The third-order valence-corrected chi connectivity index (χ3v) is 6.32. The number of piperazine rings is 1. The largest absolute Gasteiger partial charge is 0.369 e. The minimum absolute atomic E-state index is 0.00798. The van der Waals surface area contributed by atoms with Crippen molar-refractivity contribution in [1.82, 2.24) is 19.8 Å². The van der Waals surface area contributed by atoms with Gasteiger partial charge in [0.25, 0.3) is 5.56 Å². The van der Waals surface area contributed by atoms with Crippen LogP contribution in [0.1, 0.15) is 24.0 Å². The molecule has 6 heteroatoms. The summed E-state index contributed by atoms with van der Waals surface area (Å²) in [6, 6.07) is 13.1. The molecule has 0 unspecified atom stereocenters. The number of rotatable bonds is 5. The van der Waals surface area contributed by atoms with Crippen LogP contribution in [0.15, 0.2) is 47.5 Å². The molecule has 0 spiro atoms. The van der Waals surface area contributed by atoms with Crippen LogP contribution < -0.4 is 15.8 Å². The van der Waals surface area contributed by atoms with Crippen LogP contribution in [0.25, 0.3) is 16.6 Å². The zero-order valence-corrected chi connectivity index (χ0v) is 17.8. The van der Waals surface area contributed by atoms with Crippen molar-refractivity contribution in [2.45, 2.75) is 32.4 Å². The van der Waals surface area contributed by atoms with Crippen molar-refractivity contribution in [2.24, 2.45) is 0 Å². The average Bonchev–Trinajstić information content (AvgIpc) is 3.59. The van der Waals surface area contributed by atoms with E-state index in [2.05, 4.69) is 51.4 Å². The Labute approximate surface area is 177 Å². The van der Waals surface area contributed by atoms with E-state index in [1.807, 2.05) is 19.1 Å². The number of aryl methyl sites for hydroxylation is 1. The van der Waals surface area contributed by atoms with Crippen LogP contribution in [-0.4, -0.2) is 53.7 Å². The maximum Gasteiger partial charge on any atom is 0.265 e. The van der Waals surface area contributed by atoms with Crippen LogP contribution in [0.3, 0.4) is 0 Å². The minimum atomic E-state index is -0.00798. The summed E-state index contributed by atoms with van der Waals surface area (Å²) in [7, 11) is 2.15. The van der Waals surface area contributed by atoms with Crippen LogP contribution in [0.5, 0.6) is 0 Å². The highest BCUT2D eigenvalue weighted by Gasteiger charge is 2.20. The molecule has 0 radical (unpaired) electrons. The number of nitrogens with one attached hydrogen (secondary N) is 1. The number of aromatic nitrogens is 2. The van der Waals surface area contributed by atoms with Gasteiger partial charge in [0.1, 0.15) is 6.33 Å². The topological polar surface area (TPSA) is 53.4 Å². The van der Waals surface area contributed by atoms with Crippen LogP contribution in [-0.2, 0) is 6.54 Å². The highest BCUT2D eigenvalue weighted by molar-refractivity contribution is 5.82. The molecular formula is C24H29N5O. The van der Waals surface area contributed by atoms with Crippen molar-refractivity contribution < 1.29 is 0 Å². The number of hydrogen-bond acceptors (Lipinski definition) is 5. The van der Waals surface area contributed by atoms with Crippen LogP contribution >= 0.6 is 0 Å². The molecule has 1 aliphatic carbocycles. The Bertz CT molecular complexity index is 1130. The highest BCUT2D eigenvalue weighted by Crippen LogP contribution is 2.23. The first-order chi connectivity index (χ1) is 14.6. The van der Waals surface area contributed by atoms with Crippen molar-refractivity contribution in [3.05, 3.63) is 64.2 Å². The van der Waals surface area contributed by atoms with E-state index in [9.17, 15) is 4.79 Å². The molecule has 156 valence electrons. The predicted octanol–water partition coefficient (Wildman–Crippen LogP) is 2.70. The summed E-state index contributed by atoms with van der Waals surface area (Å²) in [5.74, 6) is 0. The van der Waals surface area contributed by atoms with Gasteiger partial charge in [0.15, 0.2) is 0 Å². The van der Waals surface area contributed by atoms with Gasteiger partial charge in [0, 0.05) is 44.5 Å². The zero-order valence-electron chi connectivity index (χ0n) is 17.8. The molecule has 1 aliphatic heterocycles. The third kappa shape index (κ3) is 3.85. The molecule has 1 saturated carbocycles. The lowest BCUT2D eigenvalue weighted by atomic mass is 10.1. The van der Waals surface area contributed by atoms with Gasteiger partial charge in [0.05, 0.1) is 16.6 Å². The number of fused-ring (bicyclic) bond motifs is 1. The van der Waals surface area contributed by atoms with Gasteiger partial charge in [0.2, 0.25) is 0 Å². The summed E-state index contributed by atoms with van der Waals surface area (Å²) in [5, 5.41) is 4.23. The molecule has 2 aromatic carbocycles. The molecule has 6 nitrogen and oxygen atoms in total. The first-order valence-corrected chi connectivity index (χ1v) is 10.9. The van der Waals surface area contributed by atoms with E-state index in [1.54, 1.807) is 10.9 Å². The fraction of sp³-hybridized carbons (Fsp3) is 0.417. The van der Waals surface area contributed by atoms with Gasteiger partial charge in [-0.1, -0.05) is 12.1 Å². The molecule has 2 fully saturated rings. The van der Waals surface area contributed by atoms with Gasteiger partial charge in [-0.3, -0.25) is 9.36 Å². The molecule has 2 aliphatic rings. The van der Waals surface area contributed by atoms with E-state index in [4.69, 9.17) is 0 Å². The van der Waals surface area contributed by atoms with E-state index in [0.717, 1.165) is 55.2 Å². The molecular weight excluding hydrogens is 374 g/mol. The molecule has 5 rings (SSSR count). The van der Waals surface area contributed by atoms with Gasteiger partial charge in [-0.15, -0.1) is 0 Å². The number of hydrogen-bond donors (Lipinski definition) is 1. The van der Waals surface area contributed by atoms with E-state index in [0.29, 0.717) is 11.4 Å². The molecule has 1 N–H and O–H groups in total. The van der Waals surface area contributed by atoms with E-state index in [1.165, 1.54) is 18.4 Å². The summed E-state index contributed by atoms with van der Waals surface area (Å²) in [6.07, 6.45) is 4.20. The standard InChI is InChI=1S/C24H29N5O/c1-17-3-4-18(15-25-19-5-6-19)13-23(17)29-16-26-22-8-7-20(14-21(22)24(29)30)28-11-9-27(2)10-12-28/h3-4,7-8,13-14,16,19,25H,5-6,9-12,15H2,1-2H3. The van der Waals surface area contributed by atoms with Gasteiger partial charge < -0.3 is 15.1 Å². The Hall–Kier alpha value is -2.70. The molecule has 0 atom stereocenters. The van der Waals surface area contributed by atoms with Crippen LogP contribution in [0, 0.1) is 6.92 Å². The Kier molecular flexibility index (Phi) is 5.05. The van der Waals surface area contributed by atoms with Crippen molar-refractivity contribution in [3.63, 3.8) is 0 Å². The number of nitrogens with zero attached hydrogens (tertiary/aromatic N) is 4. The highest BCUT2D eigenvalue weighted by atomic mass is 16.1. The lowest BCUT2D eigenvalue weighted by molar-refractivity contribution is 0.313. The van der Waals surface area contributed by atoms with Crippen molar-refractivity contribution >= 4 is 16.6 Å². The Morgan fingerprint density at radius 3 is 2.63 bits per heavy atom. The first kappa shape index (κ1) is 19.3. The van der Waals surface area contributed by atoms with Crippen molar-refractivity contribution in [1.29, 1.82) is 0 Å². The first-order valence-electron chi connectivity index (χ1n) is 10.9. The lowest BCUT2D eigenvalue weighted by Gasteiger charge is -2.34. The van der Waals surface area contributed by atoms with Gasteiger partial charge in [-0.25, -0.2) is 4.98 Å². The molecule has 0 amide bonds. The quantitative estimate of drug-likeness (QED) is 0.710. The average molecular weight is 404 g/mol. The maximum absolute atomic E-state index is 13.4. The Morgan fingerprint density at radius 1 is 1.07 bits per heavy atom.